The fourth-order valence-corrected chi connectivity index (χ4v) is 3.70. The zero-order valence-electron chi connectivity index (χ0n) is 18.9. The van der Waals surface area contributed by atoms with Crippen LogP contribution in [0.5, 0.6) is 5.75 Å². The zero-order chi connectivity index (χ0) is 24.1. The number of piperidine rings is 1. The molecule has 176 valence electrons. The number of furan rings is 1. The Morgan fingerprint density at radius 1 is 1.18 bits per heavy atom. The molecule has 2 amide bonds. The number of nitrogens with one attached hydrogen (secondary N) is 2. The van der Waals surface area contributed by atoms with Crippen molar-refractivity contribution in [2.75, 3.05) is 18.0 Å². The van der Waals surface area contributed by atoms with E-state index in [9.17, 15) is 14.9 Å². The van der Waals surface area contributed by atoms with Gasteiger partial charge in [-0.05, 0) is 63.1 Å². The molecule has 0 unspecified atom stereocenters. The number of carbonyl (C=O) groups is 2. The Balaban J connectivity index is 1.29. The van der Waals surface area contributed by atoms with Crippen LogP contribution in [-0.2, 0) is 4.79 Å². The number of oxazole rings is 1. The third kappa shape index (κ3) is 5.20. The van der Waals surface area contributed by atoms with Gasteiger partial charge in [0.2, 0.25) is 17.5 Å². The van der Waals surface area contributed by atoms with E-state index in [1.165, 1.54) is 6.26 Å². The molecule has 1 aliphatic rings. The molecule has 4 rings (SSSR count). The second-order valence-corrected chi connectivity index (χ2v) is 8.16. The number of nitriles is 1. The van der Waals surface area contributed by atoms with Crippen molar-refractivity contribution < 1.29 is 23.2 Å². The lowest BCUT2D eigenvalue weighted by molar-refractivity contribution is -0.126. The summed E-state index contributed by atoms with van der Waals surface area (Å²) in [7, 11) is 0. The zero-order valence-corrected chi connectivity index (χ0v) is 18.9. The van der Waals surface area contributed by atoms with Crippen LogP contribution in [0.2, 0.25) is 0 Å². The number of rotatable bonds is 6. The van der Waals surface area contributed by atoms with Crippen molar-refractivity contribution in [2.45, 2.75) is 32.8 Å². The van der Waals surface area contributed by atoms with Gasteiger partial charge in [0.15, 0.2) is 5.76 Å². The molecule has 0 bridgehead atoms. The van der Waals surface area contributed by atoms with Crippen molar-refractivity contribution in [1.29, 1.82) is 5.26 Å². The van der Waals surface area contributed by atoms with Gasteiger partial charge in [-0.2, -0.15) is 10.2 Å². The van der Waals surface area contributed by atoms with E-state index < -0.39 is 5.91 Å². The molecular formula is C24H25N5O5. The molecule has 34 heavy (non-hydrogen) atoms. The highest BCUT2D eigenvalue weighted by molar-refractivity contribution is 5.95. The number of aromatic nitrogens is 1. The first-order valence-electron chi connectivity index (χ1n) is 11.0. The minimum absolute atomic E-state index is 0.0407. The SMILES string of the molecule is CC(C)Oc1ccc(C(=O)NNC(=O)C2CCN(c3oc(-c4ccco4)nc3C#N)CC2)cc1. The molecule has 1 aromatic carbocycles. The van der Waals surface area contributed by atoms with Crippen LogP contribution < -0.4 is 20.5 Å². The number of amides is 2. The van der Waals surface area contributed by atoms with E-state index in [0.29, 0.717) is 48.9 Å². The van der Waals surface area contributed by atoms with Crippen LogP contribution in [0.15, 0.2) is 51.5 Å². The molecule has 0 radical (unpaired) electrons. The second-order valence-electron chi connectivity index (χ2n) is 8.16. The number of hydrazine groups is 1. The minimum atomic E-state index is -0.410. The van der Waals surface area contributed by atoms with Gasteiger partial charge in [-0.1, -0.05) is 0 Å². The van der Waals surface area contributed by atoms with E-state index >= 15 is 0 Å². The quantitative estimate of drug-likeness (QED) is 0.532. The van der Waals surface area contributed by atoms with Crippen LogP contribution in [-0.4, -0.2) is 36.0 Å². The summed E-state index contributed by atoms with van der Waals surface area (Å²) in [6, 6.07) is 12.2. The molecule has 0 saturated carbocycles. The highest BCUT2D eigenvalue weighted by Gasteiger charge is 2.29. The molecule has 2 N–H and O–H groups in total. The molecule has 0 atom stereocenters. The highest BCUT2D eigenvalue weighted by atomic mass is 16.5. The summed E-state index contributed by atoms with van der Waals surface area (Å²) in [6.07, 6.45) is 2.61. The Morgan fingerprint density at radius 2 is 1.91 bits per heavy atom. The lowest BCUT2D eigenvalue weighted by Gasteiger charge is -2.30. The maximum Gasteiger partial charge on any atom is 0.269 e. The Labute approximate surface area is 196 Å². The molecule has 1 saturated heterocycles. The number of hydrogen-bond acceptors (Lipinski definition) is 8. The number of anilines is 1. The number of ether oxygens (including phenoxy) is 1. The summed E-state index contributed by atoms with van der Waals surface area (Å²) in [5.41, 5.74) is 5.55. The average molecular weight is 463 g/mol. The van der Waals surface area contributed by atoms with Crippen LogP contribution in [0.3, 0.4) is 0 Å². The summed E-state index contributed by atoms with van der Waals surface area (Å²) >= 11 is 0. The third-order valence-electron chi connectivity index (χ3n) is 5.39. The van der Waals surface area contributed by atoms with Gasteiger partial charge >= 0.3 is 0 Å². The molecule has 3 heterocycles. The Bertz CT molecular complexity index is 1170. The molecule has 10 heteroatoms. The first-order valence-corrected chi connectivity index (χ1v) is 11.0. The van der Waals surface area contributed by atoms with Crippen LogP contribution in [0.4, 0.5) is 5.88 Å². The molecule has 3 aromatic rings. The fraction of sp³-hybridized carbons (Fsp3) is 0.333. The van der Waals surface area contributed by atoms with E-state index in [0.717, 1.165) is 0 Å². The van der Waals surface area contributed by atoms with Crippen LogP contribution in [0.25, 0.3) is 11.7 Å². The van der Waals surface area contributed by atoms with Crippen molar-refractivity contribution in [3.05, 3.63) is 53.9 Å². The van der Waals surface area contributed by atoms with E-state index in [2.05, 4.69) is 15.8 Å². The van der Waals surface area contributed by atoms with E-state index in [1.807, 2.05) is 24.8 Å². The largest absolute Gasteiger partial charge is 0.491 e. The van der Waals surface area contributed by atoms with E-state index in [-0.39, 0.29) is 29.5 Å². The third-order valence-corrected chi connectivity index (χ3v) is 5.39. The van der Waals surface area contributed by atoms with Crippen molar-refractivity contribution in [3.63, 3.8) is 0 Å². The van der Waals surface area contributed by atoms with Gasteiger partial charge in [0.25, 0.3) is 11.8 Å². The number of nitrogens with zero attached hydrogens (tertiary/aromatic N) is 3. The lowest BCUT2D eigenvalue weighted by Crippen LogP contribution is -2.47. The molecule has 0 aliphatic carbocycles. The number of hydrogen-bond donors (Lipinski definition) is 2. The van der Waals surface area contributed by atoms with Crippen molar-refractivity contribution >= 4 is 17.7 Å². The predicted molar refractivity (Wildman–Crippen MR) is 122 cm³/mol. The predicted octanol–water partition coefficient (Wildman–Crippen LogP) is 3.27. The van der Waals surface area contributed by atoms with Gasteiger partial charge in [-0.3, -0.25) is 20.4 Å². The summed E-state index contributed by atoms with van der Waals surface area (Å²) in [4.78, 5) is 31.0. The van der Waals surface area contributed by atoms with Crippen molar-refractivity contribution in [1.82, 2.24) is 15.8 Å². The Hall–Kier alpha value is -4.26. The van der Waals surface area contributed by atoms with Crippen LogP contribution in [0, 0.1) is 17.2 Å². The lowest BCUT2D eigenvalue weighted by atomic mass is 9.96. The number of benzene rings is 1. The highest BCUT2D eigenvalue weighted by Crippen LogP contribution is 2.31. The fourth-order valence-electron chi connectivity index (χ4n) is 3.70. The smallest absolute Gasteiger partial charge is 0.269 e. The summed E-state index contributed by atoms with van der Waals surface area (Å²) < 4.78 is 16.6. The topological polar surface area (TPSA) is 134 Å². The summed E-state index contributed by atoms with van der Waals surface area (Å²) in [5.74, 6) is 0.764. The number of carbonyl (C=O) groups excluding carboxylic acids is 2. The van der Waals surface area contributed by atoms with Gasteiger partial charge in [0, 0.05) is 24.6 Å². The van der Waals surface area contributed by atoms with E-state index in [1.54, 1.807) is 36.4 Å². The van der Waals surface area contributed by atoms with E-state index in [4.69, 9.17) is 13.6 Å². The Kier molecular flexibility index (Phi) is 6.82. The monoisotopic (exact) mass is 463 g/mol. The molecule has 1 fully saturated rings. The standard InChI is InChI=1S/C24H25N5O5/c1-15(2)33-18-7-5-16(6-8-18)21(30)27-28-22(31)17-9-11-29(12-10-17)24-19(14-25)26-23(34-24)20-4-3-13-32-20/h3-8,13,15,17H,9-12H2,1-2H3,(H,27,30)(H,28,31). The molecule has 0 spiro atoms. The normalized spacial score (nSPS) is 14.0. The summed E-state index contributed by atoms with van der Waals surface area (Å²) in [5, 5.41) is 9.43. The minimum Gasteiger partial charge on any atom is -0.491 e. The molecule has 10 nitrogen and oxygen atoms in total. The van der Waals surface area contributed by atoms with Gasteiger partial charge < -0.3 is 18.5 Å². The van der Waals surface area contributed by atoms with Crippen molar-refractivity contribution in [2.24, 2.45) is 5.92 Å². The van der Waals surface area contributed by atoms with Gasteiger partial charge in [-0.15, -0.1) is 0 Å². The van der Waals surface area contributed by atoms with Gasteiger partial charge in [-0.25, -0.2) is 0 Å². The summed E-state index contributed by atoms with van der Waals surface area (Å²) in [6.45, 7) is 4.86. The van der Waals surface area contributed by atoms with Gasteiger partial charge in [0.05, 0.1) is 12.4 Å². The molecular weight excluding hydrogens is 438 g/mol. The van der Waals surface area contributed by atoms with Crippen molar-refractivity contribution in [3.8, 4) is 23.5 Å². The first kappa shape index (κ1) is 22.9. The first-order chi connectivity index (χ1) is 16.4. The maximum atomic E-state index is 12.6. The van der Waals surface area contributed by atoms with Crippen LogP contribution in [0.1, 0.15) is 42.7 Å². The molecule has 1 aliphatic heterocycles. The van der Waals surface area contributed by atoms with Gasteiger partial charge in [0.1, 0.15) is 11.8 Å². The second kappa shape index (κ2) is 10.1. The average Bonchev–Trinajstić information content (AvgIpc) is 3.52. The maximum absolute atomic E-state index is 12.6. The Morgan fingerprint density at radius 3 is 2.53 bits per heavy atom. The van der Waals surface area contributed by atoms with Crippen LogP contribution >= 0.6 is 0 Å². The molecule has 2 aromatic heterocycles.